The zero-order chi connectivity index (χ0) is 13.9. The van der Waals surface area contributed by atoms with Gasteiger partial charge in [-0.05, 0) is 31.0 Å². The zero-order valence-corrected chi connectivity index (χ0v) is 12.5. The molecule has 1 rings (SSSR count). The van der Waals surface area contributed by atoms with E-state index in [9.17, 15) is 5.11 Å². The van der Waals surface area contributed by atoms with Gasteiger partial charge in [0.05, 0.1) is 6.61 Å². The summed E-state index contributed by atoms with van der Waals surface area (Å²) in [5.74, 6) is 1.06. The van der Waals surface area contributed by atoms with Crippen LogP contribution in [0.2, 0.25) is 0 Å². The lowest BCUT2D eigenvalue weighted by molar-refractivity contribution is 0.302. The minimum Gasteiger partial charge on any atom is -0.508 e. The molecule has 0 amide bonds. The number of unbranched alkanes of at least 4 members (excludes halogenated alkanes) is 7. The van der Waals surface area contributed by atoms with E-state index in [2.05, 4.69) is 6.92 Å². The summed E-state index contributed by atoms with van der Waals surface area (Å²) in [5.41, 5.74) is 1.03. The lowest BCUT2D eigenvalue weighted by atomic mass is 10.1. The van der Waals surface area contributed by atoms with Crippen LogP contribution in [0.15, 0.2) is 18.2 Å². The molecule has 0 heterocycles. The van der Waals surface area contributed by atoms with Gasteiger partial charge < -0.3 is 9.84 Å². The number of benzene rings is 1. The number of aryl methyl sites for hydroxylation is 1. The largest absolute Gasteiger partial charge is 0.508 e. The van der Waals surface area contributed by atoms with Crippen molar-refractivity contribution >= 4 is 0 Å². The van der Waals surface area contributed by atoms with Crippen LogP contribution in [0.3, 0.4) is 0 Å². The van der Waals surface area contributed by atoms with Crippen molar-refractivity contribution < 1.29 is 9.84 Å². The Balaban J connectivity index is 2.01. The normalized spacial score (nSPS) is 10.6. The first-order chi connectivity index (χ1) is 9.22. The lowest BCUT2D eigenvalue weighted by Gasteiger charge is -2.07. The SMILES string of the molecule is CCCCCCCCCCOc1cc(C)cc(O)c1. The predicted octanol–water partition coefficient (Wildman–Crippen LogP) is 5.22. The molecule has 19 heavy (non-hydrogen) atoms. The van der Waals surface area contributed by atoms with Crippen molar-refractivity contribution in [2.75, 3.05) is 6.61 Å². The predicted molar refractivity (Wildman–Crippen MR) is 80.9 cm³/mol. The molecule has 0 aliphatic carbocycles. The number of aromatic hydroxyl groups is 1. The van der Waals surface area contributed by atoms with Crippen molar-refractivity contribution in [3.05, 3.63) is 23.8 Å². The van der Waals surface area contributed by atoms with E-state index in [0.29, 0.717) is 0 Å². The van der Waals surface area contributed by atoms with Gasteiger partial charge in [-0.3, -0.25) is 0 Å². The number of rotatable bonds is 10. The quantitative estimate of drug-likeness (QED) is 0.587. The van der Waals surface area contributed by atoms with Crippen LogP contribution >= 0.6 is 0 Å². The number of phenolic OH excluding ortho intramolecular Hbond substituents is 1. The van der Waals surface area contributed by atoms with Gasteiger partial charge >= 0.3 is 0 Å². The highest BCUT2D eigenvalue weighted by Crippen LogP contribution is 2.21. The van der Waals surface area contributed by atoms with Crippen LogP contribution < -0.4 is 4.74 Å². The third-order valence-electron chi connectivity index (χ3n) is 3.30. The average Bonchev–Trinajstić information content (AvgIpc) is 2.36. The molecular formula is C17H28O2. The van der Waals surface area contributed by atoms with Crippen LogP contribution in [0.1, 0.15) is 63.9 Å². The molecule has 0 saturated heterocycles. The third-order valence-corrected chi connectivity index (χ3v) is 3.30. The fourth-order valence-corrected chi connectivity index (χ4v) is 2.24. The highest BCUT2D eigenvalue weighted by molar-refractivity contribution is 5.36. The Labute approximate surface area is 117 Å². The van der Waals surface area contributed by atoms with E-state index in [0.717, 1.165) is 24.3 Å². The van der Waals surface area contributed by atoms with E-state index in [4.69, 9.17) is 4.74 Å². The molecule has 0 atom stereocenters. The van der Waals surface area contributed by atoms with Gasteiger partial charge in [-0.1, -0.05) is 51.9 Å². The van der Waals surface area contributed by atoms with Crippen LogP contribution in [0.5, 0.6) is 11.5 Å². The molecule has 0 aromatic heterocycles. The number of hydrogen-bond donors (Lipinski definition) is 1. The van der Waals surface area contributed by atoms with Gasteiger partial charge in [0.25, 0.3) is 0 Å². The topological polar surface area (TPSA) is 29.5 Å². The summed E-state index contributed by atoms with van der Waals surface area (Å²) in [7, 11) is 0. The summed E-state index contributed by atoms with van der Waals surface area (Å²) in [6, 6.07) is 5.38. The average molecular weight is 264 g/mol. The first kappa shape index (κ1) is 15.9. The Morgan fingerprint density at radius 1 is 0.895 bits per heavy atom. The maximum Gasteiger partial charge on any atom is 0.123 e. The molecule has 0 aliphatic rings. The number of phenols is 1. The van der Waals surface area contributed by atoms with Crippen LogP contribution in [0.25, 0.3) is 0 Å². The van der Waals surface area contributed by atoms with Gasteiger partial charge in [-0.2, -0.15) is 0 Å². The smallest absolute Gasteiger partial charge is 0.123 e. The summed E-state index contributed by atoms with van der Waals surface area (Å²) in [5, 5.41) is 9.46. The maximum atomic E-state index is 9.46. The van der Waals surface area contributed by atoms with Gasteiger partial charge in [0.15, 0.2) is 0 Å². The Morgan fingerprint density at radius 3 is 2.16 bits per heavy atom. The molecule has 0 radical (unpaired) electrons. The van der Waals surface area contributed by atoms with Gasteiger partial charge in [0.1, 0.15) is 11.5 Å². The molecule has 0 fully saturated rings. The van der Waals surface area contributed by atoms with E-state index in [1.54, 1.807) is 12.1 Å². The van der Waals surface area contributed by atoms with Crippen LogP contribution in [0.4, 0.5) is 0 Å². The molecule has 1 N–H and O–H groups in total. The van der Waals surface area contributed by atoms with Crippen molar-refractivity contribution in [3.63, 3.8) is 0 Å². The van der Waals surface area contributed by atoms with Crippen molar-refractivity contribution in [1.29, 1.82) is 0 Å². The molecular weight excluding hydrogens is 236 g/mol. The first-order valence-corrected chi connectivity index (χ1v) is 7.66. The van der Waals surface area contributed by atoms with Crippen LogP contribution in [-0.4, -0.2) is 11.7 Å². The van der Waals surface area contributed by atoms with Gasteiger partial charge in [0.2, 0.25) is 0 Å². The van der Waals surface area contributed by atoms with Gasteiger partial charge in [-0.15, -0.1) is 0 Å². The molecule has 2 nitrogen and oxygen atoms in total. The van der Waals surface area contributed by atoms with Crippen molar-refractivity contribution in [2.45, 2.75) is 65.2 Å². The molecule has 108 valence electrons. The van der Waals surface area contributed by atoms with Crippen LogP contribution in [0, 0.1) is 6.92 Å². The summed E-state index contributed by atoms with van der Waals surface area (Å²) in [6.07, 6.45) is 10.5. The molecule has 2 heteroatoms. The highest BCUT2D eigenvalue weighted by atomic mass is 16.5. The Hall–Kier alpha value is -1.18. The van der Waals surface area contributed by atoms with E-state index in [1.807, 2.05) is 13.0 Å². The lowest BCUT2D eigenvalue weighted by Crippen LogP contribution is -1.97. The fourth-order valence-electron chi connectivity index (χ4n) is 2.24. The second-order valence-corrected chi connectivity index (χ2v) is 5.33. The zero-order valence-electron chi connectivity index (χ0n) is 12.5. The summed E-state index contributed by atoms with van der Waals surface area (Å²) in [6.45, 7) is 4.96. The fraction of sp³-hybridized carbons (Fsp3) is 0.647. The number of ether oxygens (including phenoxy) is 1. The second-order valence-electron chi connectivity index (χ2n) is 5.33. The van der Waals surface area contributed by atoms with Crippen molar-refractivity contribution in [2.24, 2.45) is 0 Å². The maximum absolute atomic E-state index is 9.46. The van der Waals surface area contributed by atoms with E-state index in [1.165, 1.54) is 44.9 Å². The molecule has 1 aromatic rings. The van der Waals surface area contributed by atoms with Gasteiger partial charge in [0, 0.05) is 6.07 Å². The monoisotopic (exact) mass is 264 g/mol. The van der Waals surface area contributed by atoms with E-state index >= 15 is 0 Å². The van der Waals surface area contributed by atoms with Crippen molar-refractivity contribution in [1.82, 2.24) is 0 Å². The minimum atomic E-state index is 0.283. The Morgan fingerprint density at radius 2 is 1.53 bits per heavy atom. The summed E-state index contributed by atoms with van der Waals surface area (Å²) in [4.78, 5) is 0. The number of hydrogen-bond acceptors (Lipinski definition) is 2. The summed E-state index contributed by atoms with van der Waals surface area (Å²) < 4.78 is 5.65. The molecule has 0 aliphatic heterocycles. The molecule has 0 spiro atoms. The summed E-state index contributed by atoms with van der Waals surface area (Å²) >= 11 is 0. The molecule has 1 aromatic carbocycles. The van der Waals surface area contributed by atoms with Crippen LogP contribution in [-0.2, 0) is 0 Å². The Bertz CT molecular complexity index is 327. The standard InChI is InChI=1S/C17H28O2/c1-3-4-5-6-7-8-9-10-11-19-17-13-15(2)12-16(18)14-17/h12-14,18H,3-11H2,1-2H3. The second kappa shape index (κ2) is 9.71. The minimum absolute atomic E-state index is 0.283. The van der Waals surface area contributed by atoms with Gasteiger partial charge in [-0.25, -0.2) is 0 Å². The van der Waals surface area contributed by atoms with Crippen molar-refractivity contribution in [3.8, 4) is 11.5 Å². The molecule has 0 unspecified atom stereocenters. The molecule has 0 saturated carbocycles. The van der Waals surface area contributed by atoms with E-state index < -0.39 is 0 Å². The third kappa shape index (κ3) is 7.76. The first-order valence-electron chi connectivity index (χ1n) is 7.66. The molecule has 0 bridgehead atoms. The Kier molecular flexibility index (Phi) is 8.11. The highest BCUT2D eigenvalue weighted by Gasteiger charge is 1.98. The van der Waals surface area contributed by atoms with E-state index in [-0.39, 0.29) is 5.75 Å².